The molecule has 1 aromatic carbocycles. The van der Waals surface area contributed by atoms with Crippen LogP contribution in [0.2, 0.25) is 0 Å². The molecule has 0 aliphatic carbocycles. The Labute approximate surface area is 186 Å². The average molecular weight is 425 g/mol. The summed E-state index contributed by atoms with van der Waals surface area (Å²) in [4.78, 5) is 29.2. The first-order chi connectivity index (χ1) is 14.8. The average Bonchev–Trinajstić information content (AvgIpc) is 3.01. The summed E-state index contributed by atoms with van der Waals surface area (Å²) in [5.74, 6) is 0.844. The van der Waals surface area contributed by atoms with Gasteiger partial charge in [-0.2, -0.15) is 5.10 Å². The number of benzene rings is 1. The van der Waals surface area contributed by atoms with Gasteiger partial charge in [0.25, 0.3) is 0 Å². The van der Waals surface area contributed by atoms with Crippen molar-refractivity contribution in [2.24, 2.45) is 5.92 Å². The fraction of sp³-hybridized carbons (Fsp3) is 0.560. The van der Waals surface area contributed by atoms with Gasteiger partial charge in [-0.1, -0.05) is 44.2 Å². The number of hydrogen-bond acceptors (Lipinski definition) is 3. The molecule has 168 valence electrons. The SMILES string of the molecule is Cc1nn(CC(C)C)c(C)c1CC(=O)N1CCN(C(=O)CCCc2ccccc2)CC1. The summed E-state index contributed by atoms with van der Waals surface area (Å²) >= 11 is 0. The second-order valence-electron chi connectivity index (χ2n) is 9.00. The van der Waals surface area contributed by atoms with E-state index < -0.39 is 0 Å². The van der Waals surface area contributed by atoms with Gasteiger partial charge in [-0.3, -0.25) is 14.3 Å². The van der Waals surface area contributed by atoms with Crippen molar-refractivity contribution in [2.45, 2.75) is 59.9 Å². The molecule has 1 aliphatic rings. The van der Waals surface area contributed by atoms with Crippen molar-refractivity contribution in [3.63, 3.8) is 0 Å². The zero-order valence-corrected chi connectivity index (χ0v) is 19.4. The van der Waals surface area contributed by atoms with E-state index in [2.05, 4.69) is 38.0 Å². The van der Waals surface area contributed by atoms with E-state index >= 15 is 0 Å². The van der Waals surface area contributed by atoms with E-state index in [-0.39, 0.29) is 11.8 Å². The minimum atomic E-state index is 0.131. The van der Waals surface area contributed by atoms with Crippen LogP contribution < -0.4 is 0 Å². The normalized spacial score (nSPS) is 14.4. The van der Waals surface area contributed by atoms with Crippen LogP contribution in [0.5, 0.6) is 0 Å². The third-order valence-electron chi connectivity index (χ3n) is 6.08. The van der Waals surface area contributed by atoms with Crippen molar-refractivity contribution in [1.82, 2.24) is 19.6 Å². The predicted octanol–water partition coefficient (Wildman–Crippen LogP) is 3.39. The summed E-state index contributed by atoms with van der Waals surface area (Å²) in [5.41, 5.74) is 4.35. The molecule has 2 heterocycles. The monoisotopic (exact) mass is 424 g/mol. The highest BCUT2D eigenvalue weighted by molar-refractivity contribution is 5.80. The van der Waals surface area contributed by atoms with Crippen LogP contribution in [0.25, 0.3) is 0 Å². The summed E-state index contributed by atoms with van der Waals surface area (Å²) in [7, 11) is 0. The van der Waals surface area contributed by atoms with E-state index in [1.807, 2.05) is 39.6 Å². The van der Waals surface area contributed by atoms with Crippen molar-refractivity contribution < 1.29 is 9.59 Å². The summed E-state index contributed by atoms with van der Waals surface area (Å²) < 4.78 is 2.02. The third-order valence-corrected chi connectivity index (χ3v) is 6.08. The van der Waals surface area contributed by atoms with Crippen molar-refractivity contribution >= 4 is 11.8 Å². The molecule has 0 spiro atoms. The molecule has 1 aromatic heterocycles. The van der Waals surface area contributed by atoms with Crippen LogP contribution in [-0.2, 0) is 29.0 Å². The molecular formula is C25H36N4O2. The molecule has 2 aromatic rings. The Morgan fingerprint density at radius 1 is 0.968 bits per heavy atom. The van der Waals surface area contributed by atoms with Crippen LogP contribution in [0.15, 0.2) is 30.3 Å². The molecule has 1 fully saturated rings. The van der Waals surface area contributed by atoms with Gasteiger partial charge in [0.05, 0.1) is 12.1 Å². The largest absolute Gasteiger partial charge is 0.339 e. The van der Waals surface area contributed by atoms with Crippen LogP contribution in [0.3, 0.4) is 0 Å². The van der Waals surface area contributed by atoms with Crippen LogP contribution >= 0.6 is 0 Å². The predicted molar refractivity (Wildman–Crippen MR) is 123 cm³/mol. The highest BCUT2D eigenvalue weighted by atomic mass is 16.2. The molecule has 0 unspecified atom stereocenters. The molecule has 3 rings (SSSR count). The molecule has 6 nitrogen and oxygen atoms in total. The van der Waals surface area contributed by atoms with Crippen LogP contribution in [0.4, 0.5) is 0 Å². The molecule has 1 aliphatic heterocycles. The lowest BCUT2D eigenvalue weighted by Crippen LogP contribution is -2.51. The Hall–Kier alpha value is -2.63. The topological polar surface area (TPSA) is 58.4 Å². The summed E-state index contributed by atoms with van der Waals surface area (Å²) in [6.07, 6.45) is 2.74. The fourth-order valence-electron chi connectivity index (χ4n) is 4.23. The lowest BCUT2D eigenvalue weighted by atomic mass is 10.1. The number of carbonyl (C=O) groups excluding carboxylic acids is 2. The number of aryl methyl sites for hydroxylation is 2. The van der Waals surface area contributed by atoms with Gasteiger partial charge in [0.15, 0.2) is 0 Å². The van der Waals surface area contributed by atoms with Crippen LogP contribution in [-0.4, -0.2) is 57.6 Å². The number of rotatable bonds is 8. The Kier molecular flexibility index (Phi) is 7.88. The quantitative estimate of drug-likeness (QED) is 0.653. The number of nitrogens with zero attached hydrogens (tertiary/aromatic N) is 4. The van der Waals surface area contributed by atoms with E-state index in [1.54, 1.807) is 0 Å². The van der Waals surface area contributed by atoms with Gasteiger partial charge in [0.2, 0.25) is 11.8 Å². The van der Waals surface area contributed by atoms with Crippen LogP contribution in [0, 0.1) is 19.8 Å². The Balaban J connectivity index is 1.45. The molecule has 0 radical (unpaired) electrons. The van der Waals surface area contributed by atoms with Gasteiger partial charge in [-0.15, -0.1) is 0 Å². The van der Waals surface area contributed by atoms with Crippen molar-refractivity contribution in [1.29, 1.82) is 0 Å². The van der Waals surface area contributed by atoms with Gasteiger partial charge < -0.3 is 9.80 Å². The molecule has 1 saturated heterocycles. The molecular weight excluding hydrogens is 388 g/mol. The zero-order chi connectivity index (χ0) is 22.4. The highest BCUT2D eigenvalue weighted by Crippen LogP contribution is 2.17. The number of hydrogen-bond donors (Lipinski definition) is 0. The van der Waals surface area contributed by atoms with Crippen molar-refractivity contribution in [3.05, 3.63) is 52.8 Å². The number of aromatic nitrogens is 2. The maximum Gasteiger partial charge on any atom is 0.227 e. The fourth-order valence-corrected chi connectivity index (χ4v) is 4.23. The molecule has 6 heteroatoms. The summed E-state index contributed by atoms with van der Waals surface area (Å²) in [6, 6.07) is 10.3. The standard InChI is InChI=1S/C25H36N4O2/c1-19(2)18-29-21(4)23(20(3)26-29)17-25(31)28-15-13-27(14-16-28)24(30)12-8-11-22-9-6-5-7-10-22/h5-7,9-10,19H,8,11-18H2,1-4H3. The zero-order valence-electron chi connectivity index (χ0n) is 19.4. The maximum absolute atomic E-state index is 12.9. The van der Waals surface area contributed by atoms with Crippen molar-refractivity contribution in [2.75, 3.05) is 26.2 Å². The molecule has 0 bridgehead atoms. The van der Waals surface area contributed by atoms with Gasteiger partial charge in [-0.25, -0.2) is 0 Å². The lowest BCUT2D eigenvalue weighted by Gasteiger charge is -2.35. The highest BCUT2D eigenvalue weighted by Gasteiger charge is 2.25. The Bertz CT molecular complexity index is 880. The Morgan fingerprint density at radius 2 is 1.58 bits per heavy atom. The van der Waals surface area contributed by atoms with Gasteiger partial charge >= 0.3 is 0 Å². The van der Waals surface area contributed by atoms with Gasteiger partial charge in [0, 0.05) is 50.4 Å². The third kappa shape index (κ3) is 6.18. The summed E-state index contributed by atoms with van der Waals surface area (Å²) in [5, 5.41) is 4.63. The first-order valence-electron chi connectivity index (χ1n) is 11.5. The first-order valence-corrected chi connectivity index (χ1v) is 11.5. The maximum atomic E-state index is 12.9. The Morgan fingerprint density at radius 3 is 2.19 bits per heavy atom. The van der Waals surface area contributed by atoms with E-state index in [0.29, 0.717) is 44.9 Å². The van der Waals surface area contributed by atoms with E-state index in [4.69, 9.17) is 0 Å². The minimum absolute atomic E-state index is 0.131. The van der Waals surface area contributed by atoms with E-state index in [1.165, 1.54) is 5.56 Å². The van der Waals surface area contributed by atoms with Crippen LogP contribution in [0.1, 0.15) is 49.2 Å². The second-order valence-corrected chi connectivity index (χ2v) is 9.00. The summed E-state index contributed by atoms with van der Waals surface area (Å²) in [6.45, 7) is 11.7. The molecule has 31 heavy (non-hydrogen) atoms. The molecule has 0 atom stereocenters. The van der Waals surface area contributed by atoms with Gasteiger partial charge in [-0.05, 0) is 38.2 Å². The number of carbonyl (C=O) groups is 2. The number of amides is 2. The lowest BCUT2D eigenvalue weighted by molar-refractivity contribution is -0.139. The van der Waals surface area contributed by atoms with Crippen molar-refractivity contribution in [3.8, 4) is 0 Å². The second kappa shape index (κ2) is 10.6. The molecule has 0 saturated carbocycles. The molecule has 0 N–H and O–H groups in total. The number of piperazine rings is 1. The van der Waals surface area contributed by atoms with E-state index in [0.717, 1.165) is 36.3 Å². The van der Waals surface area contributed by atoms with Gasteiger partial charge in [0.1, 0.15) is 0 Å². The smallest absolute Gasteiger partial charge is 0.227 e. The molecule has 2 amide bonds. The first kappa shape index (κ1) is 23.0. The van der Waals surface area contributed by atoms with E-state index in [9.17, 15) is 9.59 Å². The minimum Gasteiger partial charge on any atom is -0.339 e.